The summed E-state index contributed by atoms with van der Waals surface area (Å²) in [4.78, 5) is 16.2. The molecule has 0 saturated heterocycles. The largest absolute Gasteiger partial charge is 0.489 e. The van der Waals surface area contributed by atoms with Crippen LogP contribution in [0.15, 0.2) is 54.9 Å². The molecule has 0 spiro atoms. The molecular weight excluding hydrogens is 304 g/mol. The molecule has 0 unspecified atom stereocenters. The minimum atomic E-state index is -0.254. The number of aryl methyl sites for hydroxylation is 1. The van der Waals surface area contributed by atoms with E-state index >= 15 is 0 Å². The Kier molecular flexibility index (Phi) is 4.86. The molecule has 3 aromatic rings. The molecule has 0 radical (unpaired) electrons. The highest BCUT2D eigenvalue weighted by atomic mass is 16.5. The van der Waals surface area contributed by atoms with Gasteiger partial charge in [-0.15, -0.1) is 0 Å². The fraction of sp³-hybridized carbons (Fsp3) is 0.167. The van der Waals surface area contributed by atoms with E-state index < -0.39 is 0 Å². The van der Waals surface area contributed by atoms with Crippen molar-refractivity contribution in [1.82, 2.24) is 15.2 Å². The minimum absolute atomic E-state index is 0.254. The third-order valence-corrected chi connectivity index (χ3v) is 3.46. The summed E-state index contributed by atoms with van der Waals surface area (Å²) in [5.41, 5.74) is 2.93. The van der Waals surface area contributed by atoms with Crippen LogP contribution in [0.3, 0.4) is 0 Å². The molecule has 1 aromatic carbocycles. The van der Waals surface area contributed by atoms with Crippen molar-refractivity contribution in [3.05, 3.63) is 71.8 Å². The van der Waals surface area contributed by atoms with Gasteiger partial charge in [-0.25, -0.2) is 0 Å². The molecule has 122 valence electrons. The number of pyridine rings is 1. The van der Waals surface area contributed by atoms with Gasteiger partial charge in [0.2, 0.25) is 0 Å². The summed E-state index contributed by atoms with van der Waals surface area (Å²) in [6, 6.07) is 12.8. The fourth-order valence-electron chi connectivity index (χ4n) is 2.17. The molecule has 0 aliphatic carbocycles. The van der Waals surface area contributed by atoms with Gasteiger partial charge >= 0.3 is 0 Å². The molecule has 6 nitrogen and oxygen atoms in total. The van der Waals surface area contributed by atoms with Gasteiger partial charge in [0.15, 0.2) is 5.69 Å². The van der Waals surface area contributed by atoms with Gasteiger partial charge in [0, 0.05) is 35.4 Å². The van der Waals surface area contributed by atoms with E-state index in [9.17, 15) is 4.79 Å². The number of anilines is 1. The van der Waals surface area contributed by atoms with Crippen LogP contribution in [0.4, 0.5) is 5.69 Å². The molecule has 3 rings (SSSR count). The van der Waals surface area contributed by atoms with E-state index in [1.54, 1.807) is 24.5 Å². The summed E-state index contributed by atoms with van der Waals surface area (Å²) in [6.45, 7) is 2.42. The standard InChI is InChI=1S/C18H18N4O2/c1-2-14-10-17(22-21-14)18(23)20-15-6-3-7-16(9-15)24-12-13-5-4-8-19-11-13/h3-11H,2,12H2,1H3,(H,20,23)(H,21,22). The Bertz CT molecular complexity index is 815. The first-order valence-corrected chi connectivity index (χ1v) is 7.72. The van der Waals surface area contributed by atoms with Crippen LogP contribution >= 0.6 is 0 Å². The third-order valence-electron chi connectivity index (χ3n) is 3.46. The lowest BCUT2D eigenvalue weighted by Gasteiger charge is -2.08. The monoisotopic (exact) mass is 322 g/mol. The number of nitrogens with one attached hydrogen (secondary N) is 2. The van der Waals surface area contributed by atoms with Gasteiger partial charge in [0.1, 0.15) is 12.4 Å². The van der Waals surface area contributed by atoms with E-state index in [-0.39, 0.29) is 5.91 Å². The highest BCUT2D eigenvalue weighted by Crippen LogP contribution is 2.19. The third kappa shape index (κ3) is 3.98. The summed E-state index contributed by atoms with van der Waals surface area (Å²) in [5.74, 6) is 0.420. The molecule has 0 bridgehead atoms. The highest BCUT2D eigenvalue weighted by molar-refractivity contribution is 6.02. The van der Waals surface area contributed by atoms with Crippen LogP contribution in [0.25, 0.3) is 0 Å². The number of carbonyl (C=O) groups excluding carboxylic acids is 1. The fourth-order valence-corrected chi connectivity index (χ4v) is 2.17. The number of amides is 1. The number of hydrogen-bond acceptors (Lipinski definition) is 4. The lowest BCUT2D eigenvalue weighted by molar-refractivity contribution is 0.102. The first kappa shape index (κ1) is 15.7. The number of hydrogen-bond donors (Lipinski definition) is 2. The quantitative estimate of drug-likeness (QED) is 0.730. The number of nitrogens with zero attached hydrogens (tertiary/aromatic N) is 2. The second kappa shape index (κ2) is 7.41. The Balaban J connectivity index is 1.63. The van der Waals surface area contributed by atoms with Crippen LogP contribution in [0.2, 0.25) is 0 Å². The summed E-state index contributed by atoms with van der Waals surface area (Å²) < 4.78 is 5.73. The number of aromatic nitrogens is 3. The SMILES string of the molecule is CCc1cc(C(=O)Nc2cccc(OCc3cccnc3)c2)n[nH]1. The Labute approximate surface area is 139 Å². The predicted molar refractivity (Wildman–Crippen MR) is 90.9 cm³/mol. The smallest absolute Gasteiger partial charge is 0.276 e. The first-order valence-electron chi connectivity index (χ1n) is 7.72. The Morgan fingerprint density at radius 2 is 2.17 bits per heavy atom. The lowest BCUT2D eigenvalue weighted by Crippen LogP contribution is -2.12. The summed E-state index contributed by atoms with van der Waals surface area (Å²) in [7, 11) is 0. The van der Waals surface area contributed by atoms with Gasteiger partial charge in [-0.1, -0.05) is 19.1 Å². The van der Waals surface area contributed by atoms with Crippen LogP contribution in [0.5, 0.6) is 5.75 Å². The van der Waals surface area contributed by atoms with Crippen molar-refractivity contribution in [2.45, 2.75) is 20.0 Å². The number of aromatic amines is 1. The molecule has 24 heavy (non-hydrogen) atoms. The van der Waals surface area contributed by atoms with Crippen LogP contribution in [0.1, 0.15) is 28.7 Å². The van der Waals surface area contributed by atoms with Gasteiger partial charge in [0.25, 0.3) is 5.91 Å². The number of carbonyl (C=O) groups is 1. The maximum absolute atomic E-state index is 12.2. The zero-order valence-electron chi connectivity index (χ0n) is 13.3. The maximum atomic E-state index is 12.2. The zero-order chi connectivity index (χ0) is 16.8. The van der Waals surface area contributed by atoms with Crippen LogP contribution in [-0.4, -0.2) is 21.1 Å². The Morgan fingerprint density at radius 3 is 2.92 bits per heavy atom. The lowest BCUT2D eigenvalue weighted by atomic mass is 10.2. The zero-order valence-corrected chi connectivity index (χ0v) is 13.3. The number of benzene rings is 1. The molecule has 0 fully saturated rings. The molecule has 6 heteroatoms. The second-order valence-corrected chi connectivity index (χ2v) is 5.26. The first-order chi connectivity index (χ1) is 11.7. The topological polar surface area (TPSA) is 79.9 Å². The molecule has 2 aromatic heterocycles. The molecule has 2 heterocycles. The van der Waals surface area contributed by atoms with Gasteiger partial charge in [-0.05, 0) is 30.7 Å². The van der Waals surface area contributed by atoms with Gasteiger partial charge < -0.3 is 10.1 Å². The number of H-pyrrole nitrogens is 1. The van der Waals surface area contributed by atoms with Crippen molar-refractivity contribution < 1.29 is 9.53 Å². The molecule has 0 saturated carbocycles. The molecular formula is C18H18N4O2. The molecule has 0 atom stereocenters. The summed E-state index contributed by atoms with van der Waals surface area (Å²) in [6.07, 6.45) is 4.28. The van der Waals surface area contributed by atoms with E-state index in [2.05, 4.69) is 20.5 Å². The van der Waals surface area contributed by atoms with Gasteiger partial charge in [0.05, 0.1) is 0 Å². The summed E-state index contributed by atoms with van der Waals surface area (Å²) in [5, 5.41) is 9.66. The van der Waals surface area contributed by atoms with Crippen LogP contribution < -0.4 is 10.1 Å². The molecule has 2 N–H and O–H groups in total. The number of ether oxygens (including phenoxy) is 1. The summed E-state index contributed by atoms with van der Waals surface area (Å²) >= 11 is 0. The minimum Gasteiger partial charge on any atom is -0.489 e. The van der Waals surface area contributed by atoms with Crippen molar-refractivity contribution >= 4 is 11.6 Å². The van der Waals surface area contributed by atoms with Crippen molar-refractivity contribution in [3.63, 3.8) is 0 Å². The van der Waals surface area contributed by atoms with E-state index in [0.717, 1.165) is 17.7 Å². The van der Waals surface area contributed by atoms with E-state index in [1.165, 1.54) is 0 Å². The average molecular weight is 322 g/mol. The Morgan fingerprint density at radius 1 is 1.25 bits per heavy atom. The molecule has 0 aliphatic heterocycles. The van der Waals surface area contributed by atoms with E-state index in [4.69, 9.17) is 4.74 Å². The average Bonchev–Trinajstić information content (AvgIpc) is 3.11. The van der Waals surface area contributed by atoms with E-state index in [1.807, 2.05) is 37.3 Å². The van der Waals surface area contributed by atoms with Crippen LogP contribution in [-0.2, 0) is 13.0 Å². The van der Waals surface area contributed by atoms with Crippen molar-refractivity contribution in [2.75, 3.05) is 5.32 Å². The molecule has 0 aliphatic rings. The maximum Gasteiger partial charge on any atom is 0.276 e. The molecule has 1 amide bonds. The Hall–Kier alpha value is -3.15. The van der Waals surface area contributed by atoms with Crippen molar-refractivity contribution in [1.29, 1.82) is 0 Å². The van der Waals surface area contributed by atoms with Crippen LogP contribution in [0, 0.1) is 0 Å². The predicted octanol–water partition coefficient (Wildman–Crippen LogP) is 3.20. The second-order valence-electron chi connectivity index (χ2n) is 5.26. The van der Waals surface area contributed by atoms with Crippen molar-refractivity contribution in [3.8, 4) is 5.75 Å². The van der Waals surface area contributed by atoms with Gasteiger partial charge in [-0.2, -0.15) is 5.10 Å². The van der Waals surface area contributed by atoms with Gasteiger partial charge in [-0.3, -0.25) is 14.9 Å². The normalized spacial score (nSPS) is 10.4. The number of rotatable bonds is 6. The van der Waals surface area contributed by atoms with Crippen molar-refractivity contribution in [2.24, 2.45) is 0 Å². The van der Waals surface area contributed by atoms with E-state index in [0.29, 0.717) is 23.7 Å². The highest BCUT2D eigenvalue weighted by Gasteiger charge is 2.10.